The molecule has 0 spiro atoms. The van der Waals surface area contributed by atoms with E-state index in [1.807, 2.05) is 0 Å². The maximum Gasteiger partial charge on any atom is 0.523 e. The lowest BCUT2D eigenvalue weighted by molar-refractivity contribution is -0.0608. The number of hydrogen-bond donors (Lipinski definition) is 0. The summed E-state index contributed by atoms with van der Waals surface area (Å²) in [6.45, 7) is -0.255. The Hall–Kier alpha value is -0.800. The van der Waals surface area contributed by atoms with Crippen molar-refractivity contribution in [3.8, 4) is 0 Å². The number of halogens is 3. The molecule has 0 aromatic rings. The van der Waals surface area contributed by atoms with Gasteiger partial charge >= 0.3 is 15.6 Å². The van der Waals surface area contributed by atoms with Gasteiger partial charge in [0.05, 0.1) is 12.9 Å². The fraction of sp³-hybridized carbons (Fsp3) is 0.714. The Morgan fingerprint density at radius 1 is 1.38 bits per heavy atom. The van der Waals surface area contributed by atoms with Crippen molar-refractivity contribution in [2.75, 3.05) is 6.61 Å². The van der Waals surface area contributed by atoms with Gasteiger partial charge in [-0.2, -0.15) is 21.6 Å². The van der Waals surface area contributed by atoms with Gasteiger partial charge in [-0.25, -0.2) is 0 Å². The van der Waals surface area contributed by atoms with Gasteiger partial charge in [0.15, 0.2) is 6.10 Å². The predicted octanol–water partition coefficient (Wildman–Crippen LogP) is 0.532. The normalized spacial score (nSPS) is 33.8. The number of hydrogen-bond acceptors (Lipinski definition) is 5. The first-order valence-electron chi connectivity index (χ1n) is 4.24. The molecule has 1 saturated heterocycles. The summed E-state index contributed by atoms with van der Waals surface area (Å²) in [5, 5.41) is 0. The van der Waals surface area contributed by atoms with E-state index in [1.165, 1.54) is 12.3 Å². The second-order valence-electron chi connectivity index (χ2n) is 3.26. The van der Waals surface area contributed by atoms with E-state index in [1.54, 1.807) is 0 Å². The van der Waals surface area contributed by atoms with Crippen molar-refractivity contribution in [2.24, 2.45) is 0 Å². The van der Waals surface area contributed by atoms with Gasteiger partial charge in [-0.15, -0.1) is 0 Å². The number of fused-ring (bicyclic) bond motifs is 1. The lowest BCUT2D eigenvalue weighted by atomic mass is 10.2. The lowest BCUT2D eigenvalue weighted by Gasteiger charge is -2.17. The lowest BCUT2D eigenvalue weighted by Crippen LogP contribution is -2.36. The summed E-state index contributed by atoms with van der Waals surface area (Å²) in [5.74, 6) is 0. The van der Waals surface area contributed by atoms with Gasteiger partial charge in [0.2, 0.25) is 0 Å². The van der Waals surface area contributed by atoms with Crippen molar-refractivity contribution >= 4 is 10.1 Å². The Labute approximate surface area is 88.9 Å². The highest BCUT2D eigenvalue weighted by atomic mass is 32.2. The number of rotatable bonds is 2. The van der Waals surface area contributed by atoms with Crippen LogP contribution in [-0.4, -0.2) is 38.8 Å². The van der Waals surface area contributed by atoms with E-state index in [0.29, 0.717) is 0 Å². The molecule has 16 heavy (non-hydrogen) atoms. The Morgan fingerprint density at radius 3 is 2.69 bits per heavy atom. The molecule has 92 valence electrons. The molecule has 2 aliphatic heterocycles. The molecule has 0 saturated carbocycles. The molecule has 1 fully saturated rings. The molecule has 2 aliphatic rings. The molecule has 3 atom stereocenters. The Balaban J connectivity index is 2.07. The van der Waals surface area contributed by atoms with Gasteiger partial charge in [-0.1, -0.05) is 0 Å². The molecule has 0 amide bonds. The van der Waals surface area contributed by atoms with E-state index < -0.39 is 33.9 Å². The average molecular weight is 260 g/mol. The van der Waals surface area contributed by atoms with Crippen LogP contribution in [-0.2, 0) is 23.8 Å². The van der Waals surface area contributed by atoms with Crippen LogP contribution in [0.1, 0.15) is 0 Å². The summed E-state index contributed by atoms with van der Waals surface area (Å²) in [6.07, 6.45) is 0.0661. The van der Waals surface area contributed by atoms with E-state index in [2.05, 4.69) is 4.18 Å². The first-order valence-corrected chi connectivity index (χ1v) is 5.65. The summed E-state index contributed by atoms with van der Waals surface area (Å²) in [5.41, 5.74) is -5.43. The monoisotopic (exact) mass is 260 g/mol. The average Bonchev–Trinajstić information content (AvgIpc) is 2.67. The Bertz CT molecular complexity index is 401. The van der Waals surface area contributed by atoms with Crippen molar-refractivity contribution in [3.63, 3.8) is 0 Å². The number of ether oxygens (including phenoxy) is 2. The van der Waals surface area contributed by atoms with E-state index in [0.717, 1.165) is 0 Å². The standard InChI is InChI=1S/C7H7F3O5S/c8-7(9,10)16(11,12)15-5-3-14-4-1-2-13-6(4)5/h1-2,4-6H,3H2/t4-,5+,6+/m0/s1. The van der Waals surface area contributed by atoms with Crippen LogP contribution in [0.15, 0.2) is 12.3 Å². The van der Waals surface area contributed by atoms with E-state index in [4.69, 9.17) is 9.47 Å². The highest BCUT2D eigenvalue weighted by Gasteiger charge is 2.52. The fourth-order valence-corrected chi connectivity index (χ4v) is 2.05. The second kappa shape index (κ2) is 3.60. The minimum Gasteiger partial charge on any atom is -0.492 e. The van der Waals surface area contributed by atoms with Gasteiger partial charge in [0.1, 0.15) is 12.2 Å². The molecule has 0 aromatic carbocycles. The van der Waals surface area contributed by atoms with Gasteiger partial charge in [0, 0.05) is 0 Å². The highest BCUT2D eigenvalue weighted by Crippen LogP contribution is 2.31. The minimum atomic E-state index is -5.61. The van der Waals surface area contributed by atoms with Crippen molar-refractivity contribution < 1.29 is 35.2 Å². The highest BCUT2D eigenvalue weighted by molar-refractivity contribution is 7.87. The van der Waals surface area contributed by atoms with Crippen LogP contribution in [0, 0.1) is 0 Å². The Kier molecular flexibility index (Phi) is 2.63. The predicted molar refractivity (Wildman–Crippen MR) is 43.6 cm³/mol. The third kappa shape index (κ3) is 1.89. The first-order chi connectivity index (χ1) is 7.31. The Morgan fingerprint density at radius 2 is 2.06 bits per heavy atom. The summed E-state index contributed by atoms with van der Waals surface area (Å²) in [6, 6.07) is 0. The van der Waals surface area contributed by atoms with Crippen molar-refractivity contribution in [1.82, 2.24) is 0 Å². The molecular weight excluding hydrogens is 253 g/mol. The van der Waals surface area contributed by atoms with Gasteiger partial charge in [-0.3, -0.25) is 4.18 Å². The fourth-order valence-electron chi connectivity index (χ4n) is 1.45. The van der Waals surface area contributed by atoms with Crippen LogP contribution in [0.2, 0.25) is 0 Å². The summed E-state index contributed by atoms with van der Waals surface area (Å²) in [4.78, 5) is 0. The summed E-state index contributed by atoms with van der Waals surface area (Å²) in [7, 11) is -5.61. The molecular formula is C7H7F3O5S. The molecule has 0 radical (unpaired) electrons. The van der Waals surface area contributed by atoms with Crippen molar-refractivity contribution in [2.45, 2.75) is 23.8 Å². The molecule has 0 aliphatic carbocycles. The van der Waals surface area contributed by atoms with Crippen LogP contribution >= 0.6 is 0 Å². The molecule has 9 heteroatoms. The zero-order valence-corrected chi connectivity index (χ0v) is 8.49. The van der Waals surface area contributed by atoms with Crippen molar-refractivity contribution in [1.29, 1.82) is 0 Å². The van der Waals surface area contributed by atoms with E-state index in [9.17, 15) is 21.6 Å². The molecule has 2 heterocycles. The largest absolute Gasteiger partial charge is 0.523 e. The van der Waals surface area contributed by atoms with Crippen LogP contribution in [0.25, 0.3) is 0 Å². The molecule has 0 unspecified atom stereocenters. The van der Waals surface area contributed by atoms with Crippen LogP contribution in [0.3, 0.4) is 0 Å². The molecule has 2 rings (SSSR count). The maximum absolute atomic E-state index is 12.0. The minimum absolute atomic E-state index is 0.255. The van der Waals surface area contributed by atoms with Gasteiger partial charge < -0.3 is 9.47 Å². The molecule has 0 aromatic heterocycles. The second-order valence-corrected chi connectivity index (χ2v) is 4.83. The van der Waals surface area contributed by atoms with E-state index in [-0.39, 0.29) is 6.61 Å². The molecule has 0 bridgehead atoms. The first kappa shape index (κ1) is 11.7. The maximum atomic E-state index is 12.0. The third-order valence-electron chi connectivity index (χ3n) is 2.18. The van der Waals surface area contributed by atoms with Crippen LogP contribution < -0.4 is 0 Å². The zero-order valence-electron chi connectivity index (χ0n) is 7.68. The van der Waals surface area contributed by atoms with Crippen LogP contribution in [0.4, 0.5) is 13.2 Å². The van der Waals surface area contributed by atoms with Gasteiger partial charge in [0.25, 0.3) is 0 Å². The number of alkyl halides is 3. The quantitative estimate of drug-likeness (QED) is 0.535. The SMILES string of the molecule is O=S(=O)(O[C@@H]1CO[C@H]2C=CO[C@H]21)C(F)(F)F. The van der Waals surface area contributed by atoms with Crippen molar-refractivity contribution in [3.05, 3.63) is 12.3 Å². The third-order valence-corrected chi connectivity index (χ3v) is 3.25. The molecule has 5 nitrogen and oxygen atoms in total. The van der Waals surface area contributed by atoms with Gasteiger partial charge in [-0.05, 0) is 6.08 Å². The zero-order chi connectivity index (χ0) is 12.0. The van der Waals surface area contributed by atoms with Crippen LogP contribution in [0.5, 0.6) is 0 Å². The smallest absolute Gasteiger partial charge is 0.492 e. The molecule has 0 N–H and O–H groups in total. The topological polar surface area (TPSA) is 61.8 Å². The summed E-state index contributed by atoms with van der Waals surface area (Å²) < 4.78 is 71.4. The van der Waals surface area contributed by atoms with E-state index >= 15 is 0 Å². The summed E-state index contributed by atoms with van der Waals surface area (Å²) >= 11 is 0.